The minimum Gasteiger partial charge on any atom is -0.494 e. The second kappa shape index (κ2) is 5.34. The summed E-state index contributed by atoms with van der Waals surface area (Å²) in [5.74, 6) is -0.0817. The van der Waals surface area contributed by atoms with E-state index in [1.807, 2.05) is 24.3 Å². The molecular formula is C17H15N3O2. The van der Waals surface area contributed by atoms with E-state index in [2.05, 4.69) is 6.07 Å². The topological polar surface area (TPSA) is 95.2 Å². The Labute approximate surface area is 127 Å². The second-order valence-corrected chi connectivity index (χ2v) is 5.16. The van der Waals surface area contributed by atoms with Crippen LogP contribution < -0.4 is 5.73 Å². The predicted molar refractivity (Wildman–Crippen MR) is 84.5 cm³/mol. The molecule has 0 aliphatic heterocycles. The van der Waals surface area contributed by atoms with E-state index in [0.717, 1.165) is 11.1 Å². The summed E-state index contributed by atoms with van der Waals surface area (Å²) in [5.41, 5.74) is 8.08. The van der Waals surface area contributed by atoms with Gasteiger partial charge in [-0.3, -0.25) is 4.57 Å². The molecule has 5 heteroatoms. The molecule has 0 saturated heterocycles. The second-order valence-electron chi connectivity index (χ2n) is 5.16. The lowest BCUT2D eigenvalue weighted by atomic mass is 10.1. The molecule has 3 aromatic rings. The van der Waals surface area contributed by atoms with Crippen LogP contribution in [0, 0.1) is 11.3 Å². The molecule has 0 amide bonds. The quantitative estimate of drug-likeness (QED) is 0.647. The van der Waals surface area contributed by atoms with Gasteiger partial charge in [-0.2, -0.15) is 5.26 Å². The van der Waals surface area contributed by atoms with Crippen LogP contribution in [0.1, 0.15) is 11.1 Å². The van der Waals surface area contributed by atoms with E-state index < -0.39 is 0 Å². The Morgan fingerprint density at radius 1 is 1.05 bits per heavy atom. The number of aromatic nitrogens is 1. The van der Waals surface area contributed by atoms with Gasteiger partial charge in [0.2, 0.25) is 11.8 Å². The Hall–Kier alpha value is -3.13. The lowest BCUT2D eigenvalue weighted by molar-refractivity contribution is 0.381. The molecule has 5 nitrogen and oxygen atoms in total. The predicted octanol–water partition coefficient (Wildman–Crippen LogP) is 2.75. The van der Waals surface area contributed by atoms with Crippen LogP contribution in [-0.4, -0.2) is 14.8 Å². The summed E-state index contributed by atoms with van der Waals surface area (Å²) in [4.78, 5) is 0. The molecule has 0 unspecified atom stereocenters. The Kier molecular flexibility index (Phi) is 3.36. The van der Waals surface area contributed by atoms with Gasteiger partial charge in [-0.25, -0.2) is 0 Å². The molecule has 4 N–H and O–H groups in total. The smallest absolute Gasteiger partial charge is 0.204 e. The van der Waals surface area contributed by atoms with Crippen LogP contribution in [0.4, 0.5) is 5.69 Å². The molecule has 1 aromatic heterocycles. The minimum atomic E-state index is -0.0590. The van der Waals surface area contributed by atoms with Crippen LogP contribution in [0.5, 0.6) is 11.8 Å². The SMILES string of the molecule is N#CCc1cccc(Cn2c(O)c3cccc(N)c3c2O)c1. The van der Waals surface area contributed by atoms with Crippen LogP contribution >= 0.6 is 0 Å². The largest absolute Gasteiger partial charge is 0.494 e. The molecule has 0 saturated carbocycles. The van der Waals surface area contributed by atoms with Crippen LogP contribution in [0.2, 0.25) is 0 Å². The average Bonchev–Trinajstić information content (AvgIpc) is 2.74. The molecule has 0 bridgehead atoms. The van der Waals surface area contributed by atoms with Crippen LogP contribution in [-0.2, 0) is 13.0 Å². The summed E-state index contributed by atoms with van der Waals surface area (Å²) in [7, 11) is 0. The zero-order chi connectivity index (χ0) is 15.7. The number of rotatable bonds is 3. The van der Waals surface area contributed by atoms with Crippen molar-refractivity contribution in [1.82, 2.24) is 4.57 Å². The molecule has 1 heterocycles. The highest BCUT2D eigenvalue weighted by atomic mass is 16.3. The molecule has 0 fully saturated rings. The van der Waals surface area contributed by atoms with E-state index in [1.165, 1.54) is 4.57 Å². The number of nitriles is 1. The highest BCUT2D eigenvalue weighted by Gasteiger charge is 2.17. The monoisotopic (exact) mass is 293 g/mol. The Bertz CT molecular complexity index is 891. The number of benzene rings is 2. The third kappa shape index (κ3) is 2.21. The van der Waals surface area contributed by atoms with E-state index >= 15 is 0 Å². The van der Waals surface area contributed by atoms with Crippen molar-refractivity contribution in [1.29, 1.82) is 5.26 Å². The highest BCUT2D eigenvalue weighted by molar-refractivity contribution is 6.01. The summed E-state index contributed by atoms with van der Waals surface area (Å²) in [6.45, 7) is 0.297. The van der Waals surface area contributed by atoms with Crippen molar-refractivity contribution in [3.8, 4) is 17.8 Å². The van der Waals surface area contributed by atoms with E-state index in [4.69, 9.17) is 11.0 Å². The van der Waals surface area contributed by atoms with Crippen LogP contribution in [0.3, 0.4) is 0 Å². The Morgan fingerprint density at radius 3 is 2.50 bits per heavy atom. The molecule has 0 atom stereocenters. The zero-order valence-electron chi connectivity index (χ0n) is 11.8. The highest BCUT2D eigenvalue weighted by Crippen LogP contribution is 2.39. The third-order valence-corrected chi connectivity index (χ3v) is 3.69. The number of hydrogen-bond donors (Lipinski definition) is 3. The number of anilines is 1. The maximum atomic E-state index is 10.4. The first-order valence-corrected chi connectivity index (χ1v) is 6.85. The fraction of sp³-hybridized carbons (Fsp3) is 0.118. The van der Waals surface area contributed by atoms with Gasteiger partial charge in [-0.05, 0) is 23.3 Å². The Morgan fingerprint density at radius 2 is 1.77 bits per heavy atom. The molecule has 0 spiro atoms. The van der Waals surface area contributed by atoms with Crippen LogP contribution in [0.15, 0.2) is 42.5 Å². The molecule has 22 heavy (non-hydrogen) atoms. The van der Waals surface area contributed by atoms with Gasteiger partial charge in [0.25, 0.3) is 0 Å². The van der Waals surface area contributed by atoms with Gasteiger partial charge in [-0.15, -0.1) is 0 Å². The maximum absolute atomic E-state index is 10.4. The molecule has 0 aliphatic carbocycles. The number of nitrogens with zero attached hydrogens (tertiary/aromatic N) is 2. The molecule has 0 aliphatic rings. The van der Waals surface area contributed by atoms with Gasteiger partial charge in [0, 0.05) is 11.1 Å². The van der Waals surface area contributed by atoms with Gasteiger partial charge >= 0.3 is 0 Å². The van der Waals surface area contributed by atoms with E-state index in [9.17, 15) is 10.2 Å². The molecule has 2 aromatic carbocycles. The van der Waals surface area contributed by atoms with E-state index in [1.54, 1.807) is 18.2 Å². The molecule has 3 rings (SSSR count). The Balaban J connectivity index is 2.06. The minimum absolute atomic E-state index is 0.0227. The van der Waals surface area contributed by atoms with Crippen molar-refractivity contribution in [3.63, 3.8) is 0 Å². The van der Waals surface area contributed by atoms with Crippen molar-refractivity contribution in [2.24, 2.45) is 0 Å². The van der Waals surface area contributed by atoms with Crippen molar-refractivity contribution in [2.75, 3.05) is 5.73 Å². The first-order valence-electron chi connectivity index (χ1n) is 6.85. The lowest BCUT2D eigenvalue weighted by Gasteiger charge is -2.08. The number of fused-ring (bicyclic) bond motifs is 1. The summed E-state index contributed by atoms with van der Waals surface area (Å²) >= 11 is 0. The molecule has 0 radical (unpaired) electrons. The average molecular weight is 293 g/mol. The summed E-state index contributed by atoms with van der Waals surface area (Å²) in [6, 6.07) is 14.7. The fourth-order valence-electron chi connectivity index (χ4n) is 2.65. The van der Waals surface area contributed by atoms with Crippen molar-refractivity contribution in [3.05, 3.63) is 53.6 Å². The van der Waals surface area contributed by atoms with Crippen molar-refractivity contribution < 1.29 is 10.2 Å². The van der Waals surface area contributed by atoms with Gasteiger partial charge in [0.15, 0.2) is 0 Å². The third-order valence-electron chi connectivity index (χ3n) is 3.69. The first kappa shape index (κ1) is 13.8. The van der Waals surface area contributed by atoms with Gasteiger partial charge < -0.3 is 15.9 Å². The molecule has 110 valence electrons. The van der Waals surface area contributed by atoms with E-state index in [-0.39, 0.29) is 11.8 Å². The summed E-state index contributed by atoms with van der Waals surface area (Å²) < 4.78 is 1.41. The first-order chi connectivity index (χ1) is 10.6. The number of aromatic hydroxyl groups is 2. The number of nitrogens with two attached hydrogens (primary N) is 1. The number of hydrogen-bond acceptors (Lipinski definition) is 4. The summed E-state index contributed by atoms with van der Waals surface area (Å²) in [6.07, 6.45) is 0.326. The van der Waals surface area contributed by atoms with Gasteiger partial charge in [0.1, 0.15) is 0 Å². The standard InChI is InChI=1S/C17H15N3O2/c18-8-7-11-3-1-4-12(9-11)10-20-16(21)13-5-2-6-14(19)15(13)17(20)22/h1-6,9,21-22H,7,10,19H2. The van der Waals surface area contributed by atoms with Gasteiger partial charge in [0.05, 0.1) is 24.4 Å². The van der Waals surface area contributed by atoms with Crippen LogP contribution in [0.25, 0.3) is 10.8 Å². The lowest BCUT2D eigenvalue weighted by Crippen LogP contribution is -1.99. The van der Waals surface area contributed by atoms with Crippen molar-refractivity contribution in [2.45, 2.75) is 13.0 Å². The van der Waals surface area contributed by atoms with E-state index in [0.29, 0.717) is 29.4 Å². The van der Waals surface area contributed by atoms with Gasteiger partial charge in [-0.1, -0.05) is 30.3 Å². The zero-order valence-corrected chi connectivity index (χ0v) is 11.8. The molecular weight excluding hydrogens is 278 g/mol. The maximum Gasteiger partial charge on any atom is 0.204 e. The van der Waals surface area contributed by atoms with Crippen molar-refractivity contribution >= 4 is 16.5 Å². The fourth-order valence-corrected chi connectivity index (χ4v) is 2.65. The number of nitrogen functional groups attached to an aromatic ring is 1. The normalized spacial score (nSPS) is 10.7. The summed E-state index contributed by atoms with van der Waals surface area (Å²) in [5, 5.41) is 30.4.